The van der Waals surface area contributed by atoms with Gasteiger partial charge in [0.05, 0.1) is 0 Å². The highest BCUT2D eigenvalue weighted by atomic mass is 16.1. The Labute approximate surface area is 62.5 Å². The van der Waals surface area contributed by atoms with Crippen LogP contribution in [0.1, 0.15) is 0 Å². The van der Waals surface area contributed by atoms with Crippen molar-refractivity contribution >= 4 is 10.9 Å². The van der Waals surface area contributed by atoms with Gasteiger partial charge in [-0.3, -0.25) is 9.48 Å². The highest BCUT2D eigenvalue weighted by Crippen LogP contribution is 2.03. The number of nitrogens with one attached hydrogen (secondary N) is 1. The molecule has 0 aliphatic carbocycles. The molecule has 4 nitrogen and oxygen atoms in total. The molecule has 2 aromatic heterocycles. The molecule has 4 heteroatoms. The summed E-state index contributed by atoms with van der Waals surface area (Å²) in [6.07, 6.45) is 3.43. The van der Waals surface area contributed by atoms with Gasteiger partial charge in [0.1, 0.15) is 0 Å². The average molecular weight is 149 g/mol. The number of aromatic amines is 1. The van der Waals surface area contributed by atoms with E-state index in [0.717, 1.165) is 5.39 Å². The molecule has 0 spiro atoms. The number of aryl methyl sites for hydroxylation is 1. The van der Waals surface area contributed by atoms with Crippen molar-refractivity contribution in [3.05, 3.63) is 28.8 Å². The lowest BCUT2D eigenvalue weighted by molar-refractivity contribution is 0.778. The molecule has 0 radical (unpaired) electrons. The number of aromatic nitrogens is 3. The van der Waals surface area contributed by atoms with Crippen LogP contribution in [0.2, 0.25) is 0 Å². The molecular weight excluding hydrogens is 142 g/mol. The highest BCUT2D eigenvalue weighted by molar-refractivity contribution is 5.76. The fraction of sp³-hybridized carbons (Fsp3) is 0.143. The van der Waals surface area contributed by atoms with Crippen molar-refractivity contribution in [3.8, 4) is 0 Å². The molecule has 0 aliphatic rings. The second-order valence-corrected chi connectivity index (χ2v) is 2.41. The third-order valence-electron chi connectivity index (χ3n) is 1.55. The second kappa shape index (κ2) is 1.95. The third kappa shape index (κ3) is 0.832. The Morgan fingerprint density at radius 2 is 2.45 bits per heavy atom. The number of nitrogens with zero attached hydrogens (tertiary/aromatic N) is 2. The van der Waals surface area contributed by atoms with Gasteiger partial charge in [-0.15, -0.1) is 0 Å². The van der Waals surface area contributed by atoms with E-state index in [4.69, 9.17) is 0 Å². The van der Waals surface area contributed by atoms with Crippen molar-refractivity contribution < 1.29 is 0 Å². The van der Waals surface area contributed by atoms with Crippen LogP contribution in [-0.4, -0.2) is 14.8 Å². The molecule has 0 aromatic carbocycles. The molecule has 1 N–H and O–H groups in total. The summed E-state index contributed by atoms with van der Waals surface area (Å²) in [6, 6.07) is 1.82. The van der Waals surface area contributed by atoms with Crippen LogP contribution >= 0.6 is 0 Å². The Morgan fingerprint density at radius 1 is 1.64 bits per heavy atom. The topological polar surface area (TPSA) is 50.7 Å². The minimum Gasteiger partial charge on any atom is -0.327 e. The quantitative estimate of drug-likeness (QED) is 0.584. The van der Waals surface area contributed by atoms with E-state index in [9.17, 15) is 4.79 Å². The lowest BCUT2D eigenvalue weighted by Gasteiger charge is -1.81. The van der Waals surface area contributed by atoms with E-state index < -0.39 is 0 Å². The third-order valence-corrected chi connectivity index (χ3v) is 1.55. The number of rotatable bonds is 0. The Balaban J connectivity index is 3.02. The molecule has 0 atom stereocenters. The molecule has 2 heterocycles. The van der Waals surface area contributed by atoms with Crippen LogP contribution in [0.25, 0.3) is 10.9 Å². The number of hydrogen-bond donors (Lipinski definition) is 1. The summed E-state index contributed by atoms with van der Waals surface area (Å²) in [5.74, 6) is 0. The van der Waals surface area contributed by atoms with E-state index in [-0.39, 0.29) is 5.56 Å². The predicted molar refractivity (Wildman–Crippen MR) is 41.3 cm³/mol. The van der Waals surface area contributed by atoms with Crippen LogP contribution in [0.4, 0.5) is 0 Å². The summed E-state index contributed by atoms with van der Waals surface area (Å²) in [5.41, 5.74) is 0.359. The normalized spacial score (nSPS) is 10.6. The molecule has 0 saturated carbocycles. The van der Waals surface area contributed by atoms with E-state index in [1.165, 1.54) is 0 Å². The first-order valence-corrected chi connectivity index (χ1v) is 3.28. The Kier molecular flexibility index (Phi) is 1.09. The van der Waals surface area contributed by atoms with Crippen molar-refractivity contribution in [1.82, 2.24) is 14.8 Å². The average Bonchev–Trinajstić information content (AvgIpc) is 2.31. The largest absolute Gasteiger partial charge is 0.327 e. The zero-order valence-corrected chi connectivity index (χ0v) is 6.03. The summed E-state index contributed by atoms with van der Waals surface area (Å²) in [7, 11) is 1.79. The van der Waals surface area contributed by atoms with Gasteiger partial charge in [-0.05, 0) is 6.07 Å². The monoisotopic (exact) mass is 149 g/mol. The zero-order valence-electron chi connectivity index (χ0n) is 6.03. The van der Waals surface area contributed by atoms with E-state index in [0.29, 0.717) is 5.52 Å². The van der Waals surface area contributed by atoms with Crippen LogP contribution in [0.15, 0.2) is 23.3 Å². The minimum atomic E-state index is -0.136. The van der Waals surface area contributed by atoms with Gasteiger partial charge in [-0.2, -0.15) is 5.10 Å². The fourth-order valence-corrected chi connectivity index (χ4v) is 1.08. The second-order valence-electron chi connectivity index (χ2n) is 2.41. The summed E-state index contributed by atoms with van der Waals surface area (Å²) < 4.78 is 1.62. The summed E-state index contributed by atoms with van der Waals surface area (Å²) >= 11 is 0. The van der Waals surface area contributed by atoms with Gasteiger partial charge in [0.25, 0.3) is 5.56 Å². The van der Waals surface area contributed by atoms with Gasteiger partial charge in [0.15, 0.2) is 5.52 Å². The van der Waals surface area contributed by atoms with Crippen LogP contribution in [-0.2, 0) is 7.05 Å². The van der Waals surface area contributed by atoms with Crippen molar-refractivity contribution in [2.45, 2.75) is 0 Å². The maximum absolute atomic E-state index is 11.1. The first-order chi connectivity index (χ1) is 5.27. The standard InChI is InChI=1S/C7H7N3O/c1-10-4-5-2-3-8-7(11)6(5)9-10/h2-4H,1H3,(H,8,11). The maximum Gasteiger partial charge on any atom is 0.276 e. The molecular formula is C7H7N3O. The van der Waals surface area contributed by atoms with Gasteiger partial charge >= 0.3 is 0 Å². The van der Waals surface area contributed by atoms with Gasteiger partial charge < -0.3 is 4.98 Å². The lowest BCUT2D eigenvalue weighted by Crippen LogP contribution is -2.04. The van der Waals surface area contributed by atoms with Gasteiger partial charge in [0, 0.05) is 24.8 Å². The first-order valence-electron chi connectivity index (χ1n) is 3.28. The molecule has 0 aliphatic heterocycles. The van der Waals surface area contributed by atoms with Gasteiger partial charge in [0.2, 0.25) is 0 Å². The first kappa shape index (κ1) is 6.15. The fourth-order valence-electron chi connectivity index (χ4n) is 1.08. The molecule has 56 valence electrons. The number of pyridine rings is 1. The van der Waals surface area contributed by atoms with E-state index in [1.54, 1.807) is 17.9 Å². The Hall–Kier alpha value is -1.58. The Bertz CT molecular complexity index is 440. The summed E-state index contributed by atoms with van der Waals surface area (Å²) in [4.78, 5) is 13.6. The lowest BCUT2D eigenvalue weighted by atomic mass is 10.3. The number of fused-ring (bicyclic) bond motifs is 1. The van der Waals surface area contributed by atoms with Gasteiger partial charge in [-0.1, -0.05) is 0 Å². The predicted octanol–water partition coefficient (Wildman–Crippen LogP) is 0.262. The summed E-state index contributed by atoms with van der Waals surface area (Å²) in [6.45, 7) is 0. The molecule has 0 amide bonds. The van der Waals surface area contributed by atoms with E-state index in [2.05, 4.69) is 10.1 Å². The van der Waals surface area contributed by atoms with Crippen LogP contribution in [0, 0.1) is 0 Å². The molecule has 0 unspecified atom stereocenters. The SMILES string of the molecule is Cn1cc2cc[nH]c(=O)c2n1. The van der Waals surface area contributed by atoms with Crippen LogP contribution in [0.5, 0.6) is 0 Å². The minimum absolute atomic E-state index is 0.136. The van der Waals surface area contributed by atoms with Crippen LogP contribution in [0.3, 0.4) is 0 Å². The molecule has 0 bridgehead atoms. The molecule has 0 fully saturated rings. The van der Waals surface area contributed by atoms with E-state index in [1.807, 2.05) is 12.3 Å². The number of hydrogen-bond acceptors (Lipinski definition) is 2. The molecule has 11 heavy (non-hydrogen) atoms. The van der Waals surface area contributed by atoms with Crippen molar-refractivity contribution in [1.29, 1.82) is 0 Å². The number of H-pyrrole nitrogens is 1. The molecule has 2 aromatic rings. The smallest absolute Gasteiger partial charge is 0.276 e. The van der Waals surface area contributed by atoms with Crippen molar-refractivity contribution in [2.24, 2.45) is 7.05 Å². The Morgan fingerprint density at radius 3 is 3.18 bits per heavy atom. The van der Waals surface area contributed by atoms with Crippen molar-refractivity contribution in [2.75, 3.05) is 0 Å². The highest BCUT2D eigenvalue weighted by Gasteiger charge is 1.99. The van der Waals surface area contributed by atoms with Gasteiger partial charge in [-0.25, -0.2) is 0 Å². The molecule has 0 saturated heterocycles. The van der Waals surface area contributed by atoms with Crippen LogP contribution < -0.4 is 5.56 Å². The molecule has 2 rings (SSSR count). The summed E-state index contributed by atoms with van der Waals surface area (Å²) in [5, 5.41) is 4.86. The van der Waals surface area contributed by atoms with E-state index >= 15 is 0 Å². The zero-order chi connectivity index (χ0) is 7.84. The van der Waals surface area contributed by atoms with Crippen molar-refractivity contribution in [3.63, 3.8) is 0 Å². The maximum atomic E-state index is 11.1.